The lowest BCUT2D eigenvalue weighted by atomic mass is 10.3. The Kier molecular flexibility index (Phi) is 19.0. The molecule has 0 unspecified atom stereocenters. The maximum absolute atomic E-state index is 2.54. The topological polar surface area (TPSA) is 3.24 Å². The molecule has 1 heteroatoms. The number of rotatable bonds is 4. The summed E-state index contributed by atoms with van der Waals surface area (Å²) < 4.78 is 0. The summed E-state index contributed by atoms with van der Waals surface area (Å²) in [5, 5.41) is 0. The van der Waals surface area contributed by atoms with Crippen LogP contribution in [0.5, 0.6) is 0 Å². The molecule has 0 bridgehead atoms. The Hall–Kier alpha value is -0.0400. The largest absolute Gasteiger partial charge is 0.303 e. The van der Waals surface area contributed by atoms with E-state index < -0.39 is 0 Å². The summed E-state index contributed by atoms with van der Waals surface area (Å²) in [6.45, 7) is 14.7. The first kappa shape index (κ1) is 17.4. The summed E-state index contributed by atoms with van der Waals surface area (Å²) >= 11 is 0. The van der Waals surface area contributed by atoms with Crippen LogP contribution in [-0.2, 0) is 0 Å². The van der Waals surface area contributed by atoms with Gasteiger partial charge < -0.3 is 4.90 Å². The average Bonchev–Trinajstić information content (AvgIpc) is 2.76. The molecule has 15 heavy (non-hydrogen) atoms. The van der Waals surface area contributed by atoms with Gasteiger partial charge in [-0.3, -0.25) is 0 Å². The van der Waals surface area contributed by atoms with Crippen LogP contribution in [0.4, 0.5) is 0 Å². The maximum atomic E-state index is 2.54. The first-order valence-corrected chi connectivity index (χ1v) is 7.07. The molecule has 1 nitrogen and oxygen atoms in total. The third kappa shape index (κ3) is 14.0. The van der Waals surface area contributed by atoms with Crippen LogP contribution < -0.4 is 0 Å². The molecule has 94 valence electrons. The SMILES string of the molecule is CC.CCCCC.CCCN1CCCC1. The Labute approximate surface area is 98.2 Å². The van der Waals surface area contributed by atoms with E-state index in [0.29, 0.717) is 0 Å². The van der Waals surface area contributed by atoms with Gasteiger partial charge in [-0.05, 0) is 38.9 Å². The van der Waals surface area contributed by atoms with Crippen LogP contribution >= 0.6 is 0 Å². The molecule has 1 aliphatic heterocycles. The highest BCUT2D eigenvalue weighted by atomic mass is 15.1. The first-order chi connectivity index (χ1) is 7.35. The summed E-state index contributed by atoms with van der Waals surface area (Å²) in [5.74, 6) is 0. The normalized spacial score (nSPS) is 15.0. The third-order valence-corrected chi connectivity index (χ3v) is 2.45. The van der Waals surface area contributed by atoms with Gasteiger partial charge in [0.2, 0.25) is 0 Å². The summed E-state index contributed by atoms with van der Waals surface area (Å²) in [5.41, 5.74) is 0. The molecule has 1 fully saturated rings. The Morgan fingerprint density at radius 3 is 1.53 bits per heavy atom. The summed E-state index contributed by atoms with van der Waals surface area (Å²) in [6, 6.07) is 0. The van der Waals surface area contributed by atoms with Crippen LogP contribution in [0.2, 0.25) is 0 Å². The number of hydrogen-bond donors (Lipinski definition) is 0. The molecule has 0 spiro atoms. The minimum absolute atomic E-state index is 1.32. The van der Waals surface area contributed by atoms with E-state index in [4.69, 9.17) is 0 Å². The van der Waals surface area contributed by atoms with Gasteiger partial charge in [0.25, 0.3) is 0 Å². The zero-order chi connectivity index (χ0) is 11.9. The molecule has 1 aliphatic rings. The average molecular weight is 215 g/mol. The van der Waals surface area contributed by atoms with Gasteiger partial charge in [-0.15, -0.1) is 0 Å². The number of nitrogens with zero attached hydrogens (tertiary/aromatic N) is 1. The Morgan fingerprint density at radius 2 is 1.27 bits per heavy atom. The molecule has 1 heterocycles. The van der Waals surface area contributed by atoms with E-state index in [2.05, 4.69) is 25.7 Å². The highest BCUT2D eigenvalue weighted by Crippen LogP contribution is 2.06. The summed E-state index contributed by atoms with van der Waals surface area (Å²) in [6.07, 6.45) is 8.26. The molecule has 0 radical (unpaired) electrons. The van der Waals surface area contributed by atoms with Crippen LogP contribution in [0.25, 0.3) is 0 Å². The Bertz CT molecular complexity index is 83.3. The minimum Gasteiger partial charge on any atom is -0.303 e. The van der Waals surface area contributed by atoms with Gasteiger partial charge in [-0.25, -0.2) is 0 Å². The van der Waals surface area contributed by atoms with Crippen LogP contribution in [0.1, 0.15) is 73.1 Å². The van der Waals surface area contributed by atoms with Crippen molar-refractivity contribution in [2.75, 3.05) is 19.6 Å². The fourth-order valence-corrected chi connectivity index (χ4v) is 1.68. The van der Waals surface area contributed by atoms with E-state index in [0.717, 1.165) is 0 Å². The van der Waals surface area contributed by atoms with E-state index in [-0.39, 0.29) is 0 Å². The molecule has 1 saturated heterocycles. The lowest BCUT2D eigenvalue weighted by Gasteiger charge is -2.11. The molecule has 0 saturated carbocycles. The lowest BCUT2D eigenvalue weighted by Crippen LogP contribution is -2.19. The smallest absolute Gasteiger partial charge is 0.00183 e. The Morgan fingerprint density at radius 1 is 0.800 bits per heavy atom. The highest BCUT2D eigenvalue weighted by molar-refractivity contribution is 4.64. The molecule has 0 atom stereocenters. The van der Waals surface area contributed by atoms with Crippen LogP contribution in [0.15, 0.2) is 0 Å². The van der Waals surface area contributed by atoms with Gasteiger partial charge in [0.15, 0.2) is 0 Å². The number of likely N-dealkylation sites (tertiary alicyclic amines) is 1. The minimum atomic E-state index is 1.32. The monoisotopic (exact) mass is 215 g/mol. The van der Waals surface area contributed by atoms with Crippen molar-refractivity contribution in [2.45, 2.75) is 73.1 Å². The van der Waals surface area contributed by atoms with Crippen LogP contribution in [-0.4, -0.2) is 24.5 Å². The molecular weight excluding hydrogens is 182 g/mol. The van der Waals surface area contributed by atoms with Crippen molar-refractivity contribution in [3.8, 4) is 0 Å². The van der Waals surface area contributed by atoms with Crippen molar-refractivity contribution in [1.29, 1.82) is 0 Å². The molecule has 0 aromatic heterocycles. The molecule has 0 amide bonds. The summed E-state index contributed by atoms with van der Waals surface area (Å²) in [4.78, 5) is 2.54. The van der Waals surface area contributed by atoms with Crippen molar-refractivity contribution in [3.63, 3.8) is 0 Å². The molecule has 0 aliphatic carbocycles. The van der Waals surface area contributed by atoms with Gasteiger partial charge >= 0.3 is 0 Å². The Balaban J connectivity index is 0. The van der Waals surface area contributed by atoms with E-state index in [9.17, 15) is 0 Å². The molecule has 1 rings (SSSR count). The molecule has 0 aromatic carbocycles. The first-order valence-electron chi connectivity index (χ1n) is 7.07. The van der Waals surface area contributed by atoms with Crippen molar-refractivity contribution in [2.24, 2.45) is 0 Å². The van der Waals surface area contributed by atoms with Crippen LogP contribution in [0.3, 0.4) is 0 Å². The van der Waals surface area contributed by atoms with Gasteiger partial charge in [0.05, 0.1) is 0 Å². The van der Waals surface area contributed by atoms with E-state index in [1.165, 1.54) is 58.2 Å². The maximum Gasteiger partial charge on any atom is -0.00183 e. The van der Waals surface area contributed by atoms with Crippen molar-refractivity contribution in [1.82, 2.24) is 4.90 Å². The van der Waals surface area contributed by atoms with Gasteiger partial charge in [-0.2, -0.15) is 0 Å². The quantitative estimate of drug-likeness (QED) is 0.656. The summed E-state index contributed by atoms with van der Waals surface area (Å²) in [7, 11) is 0. The fraction of sp³-hybridized carbons (Fsp3) is 1.00. The van der Waals surface area contributed by atoms with Crippen molar-refractivity contribution in [3.05, 3.63) is 0 Å². The standard InChI is InChI=1S/C7H15N.C5H12.C2H6/c1-2-5-8-6-3-4-7-8;1-3-5-4-2;1-2/h2-7H2,1H3;3-5H2,1-2H3;1-2H3. The van der Waals surface area contributed by atoms with Crippen molar-refractivity contribution >= 4 is 0 Å². The van der Waals surface area contributed by atoms with E-state index >= 15 is 0 Å². The second-order valence-electron chi connectivity index (χ2n) is 3.90. The highest BCUT2D eigenvalue weighted by Gasteiger charge is 2.08. The second kappa shape index (κ2) is 16.4. The zero-order valence-electron chi connectivity index (χ0n) is 11.8. The zero-order valence-corrected chi connectivity index (χ0v) is 11.8. The van der Waals surface area contributed by atoms with Gasteiger partial charge in [-0.1, -0.05) is 53.9 Å². The molecule has 0 aromatic rings. The van der Waals surface area contributed by atoms with Crippen molar-refractivity contribution < 1.29 is 0 Å². The third-order valence-electron chi connectivity index (χ3n) is 2.45. The number of hydrogen-bond acceptors (Lipinski definition) is 1. The predicted octanol–water partition coefficient (Wildman–Crippen LogP) is 4.71. The molecule has 0 N–H and O–H groups in total. The predicted molar refractivity (Wildman–Crippen MR) is 72.5 cm³/mol. The number of unbranched alkanes of at least 4 members (excludes halogenated alkanes) is 2. The lowest BCUT2D eigenvalue weighted by molar-refractivity contribution is 0.339. The van der Waals surface area contributed by atoms with E-state index in [1.807, 2.05) is 13.8 Å². The van der Waals surface area contributed by atoms with E-state index in [1.54, 1.807) is 0 Å². The molecular formula is C14H33N. The van der Waals surface area contributed by atoms with Crippen LogP contribution in [0, 0.1) is 0 Å². The fourth-order valence-electron chi connectivity index (χ4n) is 1.68. The van der Waals surface area contributed by atoms with Gasteiger partial charge in [0, 0.05) is 0 Å². The van der Waals surface area contributed by atoms with Gasteiger partial charge in [0.1, 0.15) is 0 Å². The second-order valence-corrected chi connectivity index (χ2v) is 3.90.